The molecule has 7 rings (SSSR count). The fourth-order valence-corrected chi connectivity index (χ4v) is 11.4. The Morgan fingerprint density at radius 2 is 1.68 bits per heavy atom. The fraction of sp³-hybridized carbons (Fsp3) is 0.386. The summed E-state index contributed by atoms with van der Waals surface area (Å²) in [6.45, 7) is 4.06. The number of amides is 1. The molecule has 0 unspecified atom stereocenters. The van der Waals surface area contributed by atoms with Crippen molar-refractivity contribution in [1.29, 1.82) is 0 Å². The molecule has 0 spiro atoms. The number of benzene rings is 4. The lowest BCUT2D eigenvalue weighted by atomic mass is 9.87. The van der Waals surface area contributed by atoms with Gasteiger partial charge in [0.1, 0.15) is 0 Å². The van der Waals surface area contributed by atoms with Crippen LogP contribution in [0.1, 0.15) is 54.4 Å². The molecule has 3 atom stereocenters. The molecule has 2 aliphatic heterocycles. The number of rotatable bonds is 20. The number of anilines is 2. The first kappa shape index (κ1) is 46.3. The molecule has 2 heterocycles. The Morgan fingerprint density at radius 1 is 0.935 bits per heavy atom. The van der Waals surface area contributed by atoms with Crippen molar-refractivity contribution in [1.82, 2.24) is 14.9 Å². The van der Waals surface area contributed by atoms with Gasteiger partial charge in [0, 0.05) is 71.7 Å². The Morgan fingerprint density at radius 3 is 2.37 bits per heavy atom. The molecule has 11 nitrogen and oxygen atoms in total. The number of ether oxygens (including phenoxy) is 1. The molecule has 2 fully saturated rings. The summed E-state index contributed by atoms with van der Waals surface area (Å²) >= 11 is 12.7. The largest absolute Gasteiger partial charge is 0.427 e. The van der Waals surface area contributed by atoms with Gasteiger partial charge in [-0.15, -0.1) is 11.8 Å². The molecule has 332 valence electrons. The van der Waals surface area contributed by atoms with Crippen molar-refractivity contribution in [3.8, 4) is 0 Å². The van der Waals surface area contributed by atoms with E-state index in [4.69, 9.17) is 27.9 Å². The van der Waals surface area contributed by atoms with Crippen LogP contribution in [0.2, 0.25) is 5.02 Å². The van der Waals surface area contributed by atoms with Crippen molar-refractivity contribution in [3.05, 3.63) is 119 Å². The topological polar surface area (TPSA) is 146 Å². The van der Waals surface area contributed by atoms with E-state index in [0.717, 1.165) is 62.2 Å². The summed E-state index contributed by atoms with van der Waals surface area (Å²) in [7, 11) is -10.4. The van der Waals surface area contributed by atoms with Gasteiger partial charge in [0.05, 0.1) is 28.2 Å². The summed E-state index contributed by atoms with van der Waals surface area (Å²) in [5, 5.41) is 10.6. The van der Waals surface area contributed by atoms with Gasteiger partial charge in [0.15, 0.2) is 0 Å². The van der Waals surface area contributed by atoms with Gasteiger partial charge >= 0.3 is 4.71 Å². The minimum absolute atomic E-state index is 0.00572. The van der Waals surface area contributed by atoms with Gasteiger partial charge in [0.25, 0.3) is 25.8 Å². The third-order valence-corrected chi connectivity index (χ3v) is 16.2. The van der Waals surface area contributed by atoms with Crippen LogP contribution < -0.4 is 20.7 Å². The number of carbonyl (C=O) groups is 1. The Labute approximate surface area is 376 Å². The molecule has 4 aromatic rings. The van der Waals surface area contributed by atoms with E-state index in [1.165, 1.54) is 40.6 Å². The van der Waals surface area contributed by atoms with Crippen LogP contribution in [0.5, 0.6) is 0 Å². The quantitative estimate of drug-likeness (QED) is 0.0385. The number of carbonyl (C=O) groups excluding carboxylic acids is 1. The zero-order valence-corrected chi connectivity index (χ0v) is 37.8. The van der Waals surface area contributed by atoms with E-state index < -0.39 is 46.3 Å². The molecular weight excluding hydrogens is 900 g/mol. The predicted molar refractivity (Wildman–Crippen MR) is 243 cm³/mol. The lowest BCUT2D eigenvalue weighted by Gasteiger charge is -2.29. The Balaban J connectivity index is 0.988. The highest BCUT2D eigenvalue weighted by Crippen LogP contribution is 2.39. The van der Waals surface area contributed by atoms with E-state index in [2.05, 4.69) is 33.0 Å². The number of nitrogens with one attached hydrogen (secondary N) is 4. The fourth-order valence-electron chi connectivity index (χ4n) is 8.02. The molecule has 18 heteroatoms. The minimum atomic E-state index is -5.62. The van der Waals surface area contributed by atoms with Crippen LogP contribution in [0.4, 0.5) is 20.2 Å². The number of sulfone groups is 1. The zero-order valence-electron chi connectivity index (χ0n) is 33.8. The standard InChI is InChI=1S/C44H49Cl2F2N5O6S3/c45-33-14-10-30(11-15-33)40-9-5-4-6-32(40)26-49-21-22-50-34-16-12-31(13-17-34)43(54)52-62(57,58)39-18-19-41(42(25-39)61(55,56)44(46,47)48)51-35(29-60-38-7-2-1-3-8-38)20-23-53-27-37-24-36(53)28-59-37/h1-3,7-8,10-19,25,35-37,49-51H,4-6,9,20-24,26-29H2,(H,52,54)/t35-,36+,37+/m1/s1. The number of morpholine rings is 1. The first-order valence-electron chi connectivity index (χ1n) is 20.5. The molecule has 0 radical (unpaired) electrons. The summed E-state index contributed by atoms with van der Waals surface area (Å²) in [4.78, 5) is 14.7. The summed E-state index contributed by atoms with van der Waals surface area (Å²) in [5.41, 5.74) is 4.42. The highest BCUT2D eigenvalue weighted by atomic mass is 35.5. The second-order valence-corrected chi connectivity index (χ2v) is 21.5. The summed E-state index contributed by atoms with van der Waals surface area (Å²) in [6.07, 6.45) is 6.00. The minimum Gasteiger partial charge on any atom is -0.384 e. The summed E-state index contributed by atoms with van der Waals surface area (Å²) < 4.78 is 85.6. The molecule has 2 bridgehead atoms. The van der Waals surface area contributed by atoms with Gasteiger partial charge in [-0.25, -0.2) is 21.6 Å². The van der Waals surface area contributed by atoms with Gasteiger partial charge in [-0.3, -0.25) is 9.69 Å². The lowest BCUT2D eigenvalue weighted by Crippen LogP contribution is -2.40. The van der Waals surface area contributed by atoms with Crippen LogP contribution in [0.25, 0.3) is 5.57 Å². The van der Waals surface area contributed by atoms with E-state index in [9.17, 15) is 30.4 Å². The second kappa shape index (κ2) is 20.4. The van der Waals surface area contributed by atoms with Crippen molar-refractivity contribution >= 4 is 77.7 Å². The normalized spacial score (nSPS) is 18.8. The number of thioether (sulfide) groups is 1. The third kappa shape index (κ3) is 11.7. The van der Waals surface area contributed by atoms with Crippen LogP contribution in [-0.4, -0.2) is 95.6 Å². The SMILES string of the molecule is O=C(NS(=O)(=O)c1ccc(N[C@H](CCN2C[C@@H]3C[C@H]2CO3)CSc2ccccc2)c(S(=O)(=O)C(F)(F)Cl)c1)c1ccc(NCCNCC2=C(c3ccc(Cl)cc3)CCCC2)cc1. The molecule has 62 heavy (non-hydrogen) atoms. The van der Waals surface area contributed by atoms with Crippen molar-refractivity contribution in [2.24, 2.45) is 0 Å². The van der Waals surface area contributed by atoms with E-state index in [0.29, 0.717) is 55.2 Å². The number of allylic oxidation sites excluding steroid dienone is 1. The Kier molecular flexibility index (Phi) is 15.2. The lowest BCUT2D eigenvalue weighted by molar-refractivity contribution is 0.0299. The van der Waals surface area contributed by atoms with Gasteiger partial charge in [-0.05, 0) is 128 Å². The maximum atomic E-state index is 14.6. The first-order chi connectivity index (χ1) is 29.7. The maximum Gasteiger partial charge on any atom is 0.427 e. The van der Waals surface area contributed by atoms with Crippen molar-refractivity contribution < 1.29 is 35.1 Å². The number of sulfonamides is 1. The Bertz CT molecular complexity index is 2440. The van der Waals surface area contributed by atoms with Crippen LogP contribution in [0.15, 0.2) is 117 Å². The first-order valence-corrected chi connectivity index (χ1v) is 25.2. The zero-order chi connectivity index (χ0) is 43.9. The molecule has 2 saturated heterocycles. The van der Waals surface area contributed by atoms with Gasteiger partial charge in [-0.2, -0.15) is 8.78 Å². The van der Waals surface area contributed by atoms with Crippen molar-refractivity contribution in [2.45, 2.75) is 76.1 Å². The number of hydrogen-bond acceptors (Lipinski definition) is 11. The highest BCUT2D eigenvalue weighted by Gasteiger charge is 2.46. The second-order valence-electron chi connectivity index (χ2n) is 15.6. The van der Waals surface area contributed by atoms with Crippen LogP contribution >= 0.6 is 35.0 Å². The number of likely N-dealkylation sites (tertiary alicyclic amines) is 1. The molecule has 4 aromatic carbocycles. The molecule has 1 amide bonds. The van der Waals surface area contributed by atoms with E-state index >= 15 is 0 Å². The number of nitrogens with zero attached hydrogens (tertiary/aromatic N) is 1. The number of fused-ring (bicyclic) bond motifs is 2. The number of halogens is 4. The van der Waals surface area contributed by atoms with E-state index in [-0.39, 0.29) is 23.4 Å². The van der Waals surface area contributed by atoms with Crippen LogP contribution in [-0.2, 0) is 24.6 Å². The molecule has 1 aliphatic carbocycles. The van der Waals surface area contributed by atoms with Gasteiger partial charge in [0.2, 0.25) is 0 Å². The molecular formula is C44H49Cl2F2N5O6S3. The van der Waals surface area contributed by atoms with Gasteiger partial charge < -0.3 is 20.7 Å². The average molecular weight is 949 g/mol. The van der Waals surface area contributed by atoms with Crippen molar-refractivity contribution in [3.63, 3.8) is 0 Å². The Hall–Kier alpha value is -3.74. The van der Waals surface area contributed by atoms with E-state index in [1.807, 2.05) is 47.2 Å². The number of hydrogen-bond donors (Lipinski definition) is 4. The highest BCUT2D eigenvalue weighted by molar-refractivity contribution is 7.99. The monoisotopic (exact) mass is 947 g/mol. The average Bonchev–Trinajstić information content (AvgIpc) is 3.89. The third-order valence-electron chi connectivity index (χ3n) is 11.3. The molecule has 4 N–H and O–H groups in total. The number of alkyl halides is 3. The summed E-state index contributed by atoms with van der Waals surface area (Å²) in [6, 6.07) is 26.2. The smallest absolute Gasteiger partial charge is 0.384 e. The predicted octanol–water partition coefficient (Wildman–Crippen LogP) is 8.49. The van der Waals surface area contributed by atoms with Crippen LogP contribution in [0, 0.1) is 0 Å². The molecule has 0 saturated carbocycles. The molecule has 0 aromatic heterocycles. The van der Waals surface area contributed by atoms with Gasteiger partial charge in [-0.1, -0.05) is 47.5 Å². The molecule has 3 aliphatic rings. The van der Waals surface area contributed by atoms with E-state index in [1.54, 1.807) is 12.1 Å². The summed E-state index contributed by atoms with van der Waals surface area (Å²) in [5.74, 6) is -0.560. The van der Waals surface area contributed by atoms with Crippen molar-refractivity contribution in [2.75, 3.05) is 55.7 Å². The van der Waals surface area contributed by atoms with Crippen LogP contribution in [0.3, 0.4) is 0 Å². The maximum absolute atomic E-state index is 14.6.